The molecular formula is C5H2BrN5OS2. The minimum Gasteiger partial charge on any atom is -0.294 e. The summed E-state index contributed by atoms with van der Waals surface area (Å²) in [6.07, 6.45) is 0. The van der Waals surface area contributed by atoms with Crippen molar-refractivity contribution >= 4 is 49.8 Å². The van der Waals surface area contributed by atoms with Crippen molar-refractivity contribution in [3.05, 3.63) is 15.0 Å². The van der Waals surface area contributed by atoms with E-state index in [4.69, 9.17) is 0 Å². The lowest BCUT2D eigenvalue weighted by molar-refractivity contribution is 0.102. The van der Waals surface area contributed by atoms with Crippen LogP contribution in [0.5, 0.6) is 0 Å². The van der Waals surface area contributed by atoms with Gasteiger partial charge in [0.25, 0.3) is 5.91 Å². The Labute approximate surface area is 94.7 Å². The number of rotatable bonds is 2. The maximum absolute atomic E-state index is 11.4. The molecule has 0 bridgehead atoms. The van der Waals surface area contributed by atoms with E-state index in [1.165, 1.54) is 11.3 Å². The van der Waals surface area contributed by atoms with Crippen LogP contribution in [0.25, 0.3) is 0 Å². The van der Waals surface area contributed by atoms with Crippen molar-refractivity contribution in [3.63, 3.8) is 0 Å². The SMILES string of the molecule is O=C(Nc1nnns1)c1csc(Br)n1. The lowest BCUT2D eigenvalue weighted by Gasteiger charge is -1.94. The van der Waals surface area contributed by atoms with Crippen LogP contribution in [0.4, 0.5) is 5.13 Å². The number of carbonyl (C=O) groups excluding carboxylic acids is 1. The molecule has 0 aliphatic carbocycles. The van der Waals surface area contributed by atoms with Crippen LogP contribution in [0.1, 0.15) is 10.5 Å². The quantitative estimate of drug-likeness (QED) is 0.905. The van der Waals surface area contributed by atoms with Crippen molar-refractivity contribution in [2.45, 2.75) is 0 Å². The third-order valence-electron chi connectivity index (χ3n) is 1.23. The van der Waals surface area contributed by atoms with Crippen LogP contribution in [-0.4, -0.2) is 25.7 Å². The average Bonchev–Trinajstić information content (AvgIpc) is 2.75. The zero-order valence-corrected chi connectivity index (χ0v) is 9.69. The third kappa shape index (κ3) is 2.11. The largest absolute Gasteiger partial charge is 0.294 e. The monoisotopic (exact) mass is 291 g/mol. The van der Waals surface area contributed by atoms with Crippen molar-refractivity contribution in [1.29, 1.82) is 0 Å². The Bertz CT molecular complexity index is 441. The number of aromatic nitrogens is 4. The van der Waals surface area contributed by atoms with Gasteiger partial charge in [-0.3, -0.25) is 10.1 Å². The Kier molecular flexibility index (Phi) is 2.79. The normalized spacial score (nSPS) is 10.1. The van der Waals surface area contributed by atoms with E-state index in [2.05, 4.69) is 41.0 Å². The first-order valence-electron chi connectivity index (χ1n) is 3.33. The van der Waals surface area contributed by atoms with E-state index >= 15 is 0 Å². The summed E-state index contributed by atoms with van der Waals surface area (Å²) < 4.78 is 4.18. The van der Waals surface area contributed by atoms with E-state index in [9.17, 15) is 4.79 Å². The number of nitrogens with zero attached hydrogens (tertiary/aromatic N) is 4. The average molecular weight is 292 g/mol. The topological polar surface area (TPSA) is 80.7 Å². The molecule has 0 aliphatic rings. The molecule has 0 radical (unpaired) electrons. The van der Waals surface area contributed by atoms with Gasteiger partial charge in [0.15, 0.2) is 3.92 Å². The number of anilines is 1. The smallest absolute Gasteiger partial charge is 0.277 e. The van der Waals surface area contributed by atoms with Gasteiger partial charge in [-0.1, -0.05) is 9.59 Å². The highest BCUT2D eigenvalue weighted by Gasteiger charge is 2.11. The summed E-state index contributed by atoms with van der Waals surface area (Å²) in [6.45, 7) is 0. The van der Waals surface area contributed by atoms with Crippen molar-refractivity contribution in [2.24, 2.45) is 0 Å². The van der Waals surface area contributed by atoms with E-state index in [0.717, 1.165) is 11.5 Å². The molecule has 1 N–H and O–H groups in total. The van der Waals surface area contributed by atoms with Gasteiger partial charge in [0.1, 0.15) is 5.69 Å². The van der Waals surface area contributed by atoms with Crippen molar-refractivity contribution in [2.75, 3.05) is 5.32 Å². The van der Waals surface area contributed by atoms with Crippen LogP contribution in [-0.2, 0) is 0 Å². The van der Waals surface area contributed by atoms with E-state index in [1.54, 1.807) is 5.38 Å². The molecule has 0 aliphatic heterocycles. The van der Waals surface area contributed by atoms with E-state index in [-0.39, 0.29) is 5.91 Å². The standard InChI is InChI=1S/C5H2BrN5OS2/c6-4-7-2(1-13-4)3(12)8-5-9-10-11-14-5/h1H,(H,8,9,11,12). The predicted molar refractivity (Wildman–Crippen MR) is 55.5 cm³/mol. The van der Waals surface area contributed by atoms with Crippen LogP contribution in [0.2, 0.25) is 0 Å². The molecule has 0 atom stereocenters. The second kappa shape index (κ2) is 4.07. The first kappa shape index (κ1) is 9.62. The molecule has 0 saturated carbocycles. The Morgan fingerprint density at radius 1 is 1.57 bits per heavy atom. The molecule has 0 saturated heterocycles. The van der Waals surface area contributed by atoms with Crippen LogP contribution in [0.15, 0.2) is 9.30 Å². The summed E-state index contributed by atoms with van der Waals surface area (Å²) in [7, 11) is 0. The van der Waals surface area contributed by atoms with Crippen LogP contribution >= 0.6 is 38.8 Å². The third-order valence-corrected chi connectivity index (χ3v) is 3.10. The van der Waals surface area contributed by atoms with Gasteiger partial charge in [-0.05, 0) is 21.1 Å². The Morgan fingerprint density at radius 3 is 3.00 bits per heavy atom. The predicted octanol–water partition coefficient (Wildman–Crippen LogP) is 1.40. The molecule has 0 unspecified atom stereocenters. The Hall–Kier alpha value is -0.930. The summed E-state index contributed by atoms with van der Waals surface area (Å²) >= 11 is 5.52. The Morgan fingerprint density at radius 2 is 2.43 bits per heavy atom. The van der Waals surface area contributed by atoms with E-state index in [1.807, 2.05) is 0 Å². The van der Waals surface area contributed by atoms with Gasteiger partial charge in [-0.2, -0.15) is 0 Å². The number of hydrogen-bond acceptors (Lipinski definition) is 7. The van der Waals surface area contributed by atoms with Gasteiger partial charge >= 0.3 is 0 Å². The first-order chi connectivity index (χ1) is 6.75. The van der Waals surface area contributed by atoms with Gasteiger partial charge in [0.05, 0.1) is 0 Å². The van der Waals surface area contributed by atoms with Gasteiger partial charge in [-0.15, -0.1) is 11.3 Å². The molecular weight excluding hydrogens is 290 g/mol. The van der Waals surface area contributed by atoms with Crippen LogP contribution in [0, 0.1) is 0 Å². The molecule has 2 heterocycles. The highest BCUT2D eigenvalue weighted by atomic mass is 79.9. The highest BCUT2D eigenvalue weighted by Crippen LogP contribution is 2.17. The zero-order valence-electron chi connectivity index (χ0n) is 6.47. The van der Waals surface area contributed by atoms with Crippen molar-refractivity contribution in [3.8, 4) is 0 Å². The maximum Gasteiger partial charge on any atom is 0.277 e. The lowest BCUT2D eigenvalue weighted by Crippen LogP contribution is -2.11. The molecule has 9 heteroatoms. The number of hydrogen-bond donors (Lipinski definition) is 1. The molecule has 72 valence electrons. The molecule has 0 spiro atoms. The van der Waals surface area contributed by atoms with E-state index in [0.29, 0.717) is 14.7 Å². The number of halogens is 1. The molecule has 2 rings (SSSR count). The number of carbonyl (C=O) groups is 1. The van der Waals surface area contributed by atoms with Crippen molar-refractivity contribution < 1.29 is 4.79 Å². The maximum atomic E-state index is 11.4. The first-order valence-corrected chi connectivity index (χ1v) is 5.78. The molecule has 2 aromatic rings. The molecule has 0 fully saturated rings. The van der Waals surface area contributed by atoms with Gasteiger partial charge < -0.3 is 0 Å². The Balaban J connectivity index is 2.10. The number of thiazole rings is 1. The van der Waals surface area contributed by atoms with Crippen LogP contribution in [0.3, 0.4) is 0 Å². The fraction of sp³-hybridized carbons (Fsp3) is 0. The minimum absolute atomic E-state index is 0.314. The number of nitrogens with one attached hydrogen (secondary N) is 1. The summed E-state index contributed by atoms with van der Waals surface area (Å²) in [4.78, 5) is 15.4. The molecule has 1 amide bonds. The highest BCUT2D eigenvalue weighted by molar-refractivity contribution is 9.11. The van der Waals surface area contributed by atoms with Gasteiger partial charge in [-0.25, -0.2) is 4.98 Å². The summed E-state index contributed by atoms with van der Waals surface area (Å²) in [5, 5.41) is 11.5. The summed E-state index contributed by atoms with van der Waals surface area (Å²) in [5.41, 5.74) is 0.345. The number of amides is 1. The zero-order chi connectivity index (χ0) is 9.97. The lowest BCUT2D eigenvalue weighted by atomic mass is 10.5. The molecule has 0 aromatic carbocycles. The molecule has 2 aromatic heterocycles. The fourth-order valence-corrected chi connectivity index (χ4v) is 2.05. The van der Waals surface area contributed by atoms with Crippen molar-refractivity contribution in [1.82, 2.24) is 19.8 Å². The van der Waals surface area contributed by atoms with Gasteiger partial charge in [0.2, 0.25) is 5.13 Å². The van der Waals surface area contributed by atoms with Crippen LogP contribution < -0.4 is 5.32 Å². The fourth-order valence-electron chi connectivity index (χ4n) is 0.699. The summed E-state index contributed by atoms with van der Waals surface area (Å²) in [6, 6.07) is 0. The minimum atomic E-state index is -0.314. The molecule has 6 nitrogen and oxygen atoms in total. The van der Waals surface area contributed by atoms with Gasteiger partial charge in [0, 0.05) is 16.9 Å². The van der Waals surface area contributed by atoms with E-state index < -0.39 is 0 Å². The summed E-state index contributed by atoms with van der Waals surface area (Å²) in [5.74, 6) is -0.314. The second-order valence-electron chi connectivity index (χ2n) is 2.11. The molecule has 14 heavy (non-hydrogen) atoms. The second-order valence-corrected chi connectivity index (χ2v) is 4.97.